The Kier molecular flexibility index (Phi) is 6.49. The number of piperidine rings is 1. The van der Waals surface area contributed by atoms with E-state index in [1.54, 1.807) is 0 Å². The van der Waals surface area contributed by atoms with E-state index in [1.807, 2.05) is 30.3 Å². The highest BCUT2D eigenvalue weighted by atomic mass is 16.5. The summed E-state index contributed by atoms with van der Waals surface area (Å²) in [5, 5.41) is 3.03. The van der Waals surface area contributed by atoms with Crippen molar-refractivity contribution in [2.45, 2.75) is 31.7 Å². The molecule has 1 aromatic rings. The molecule has 0 radical (unpaired) electrons. The van der Waals surface area contributed by atoms with Crippen LogP contribution in [0.25, 0.3) is 0 Å². The topological polar surface area (TPSA) is 50.8 Å². The van der Waals surface area contributed by atoms with Crippen molar-refractivity contribution in [3.8, 4) is 5.75 Å². The van der Waals surface area contributed by atoms with Crippen molar-refractivity contribution in [1.82, 2.24) is 10.2 Å². The van der Waals surface area contributed by atoms with Crippen molar-refractivity contribution >= 4 is 5.91 Å². The normalized spacial score (nSPS) is 22.9. The molecular weight excluding hydrogens is 304 g/mol. The Hall–Kier alpha value is -1.59. The first-order valence-corrected chi connectivity index (χ1v) is 9.10. The Morgan fingerprint density at radius 3 is 2.79 bits per heavy atom. The van der Waals surface area contributed by atoms with Crippen LogP contribution in [0.3, 0.4) is 0 Å². The molecule has 24 heavy (non-hydrogen) atoms. The van der Waals surface area contributed by atoms with Gasteiger partial charge in [-0.2, -0.15) is 0 Å². The molecule has 132 valence electrons. The second kappa shape index (κ2) is 9.04. The monoisotopic (exact) mass is 332 g/mol. The van der Waals surface area contributed by atoms with Crippen LogP contribution in [0.2, 0.25) is 0 Å². The SMILES string of the molecule is O=C(NCCOc1ccccc1)C1CCCN(C2CCOCC2)C1. The minimum Gasteiger partial charge on any atom is -0.492 e. The van der Waals surface area contributed by atoms with E-state index >= 15 is 0 Å². The van der Waals surface area contributed by atoms with E-state index in [1.165, 1.54) is 0 Å². The second-order valence-corrected chi connectivity index (χ2v) is 6.63. The molecule has 5 heteroatoms. The van der Waals surface area contributed by atoms with E-state index in [2.05, 4.69) is 10.2 Å². The van der Waals surface area contributed by atoms with Gasteiger partial charge in [-0.05, 0) is 44.4 Å². The van der Waals surface area contributed by atoms with E-state index in [-0.39, 0.29) is 11.8 Å². The van der Waals surface area contributed by atoms with E-state index in [0.29, 0.717) is 19.2 Å². The van der Waals surface area contributed by atoms with Crippen molar-refractivity contribution in [2.24, 2.45) is 5.92 Å². The van der Waals surface area contributed by atoms with E-state index in [9.17, 15) is 4.79 Å². The fourth-order valence-electron chi connectivity index (χ4n) is 3.61. The summed E-state index contributed by atoms with van der Waals surface area (Å²) in [6.45, 7) is 4.78. The molecule has 2 saturated heterocycles. The number of likely N-dealkylation sites (tertiary alicyclic amines) is 1. The smallest absolute Gasteiger partial charge is 0.224 e. The van der Waals surface area contributed by atoms with Gasteiger partial charge in [-0.3, -0.25) is 9.69 Å². The third-order valence-corrected chi connectivity index (χ3v) is 4.94. The van der Waals surface area contributed by atoms with Gasteiger partial charge < -0.3 is 14.8 Å². The lowest BCUT2D eigenvalue weighted by atomic mass is 9.94. The number of nitrogens with one attached hydrogen (secondary N) is 1. The Morgan fingerprint density at radius 2 is 2.00 bits per heavy atom. The van der Waals surface area contributed by atoms with Crippen molar-refractivity contribution < 1.29 is 14.3 Å². The molecule has 0 saturated carbocycles. The average Bonchev–Trinajstić information content (AvgIpc) is 2.67. The molecule has 2 heterocycles. The van der Waals surface area contributed by atoms with Crippen LogP contribution in [0, 0.1) is 5.92 Å². The lowest BCUT2D eigenvalue weighted by Gasteiger charge is -2.39. The van der Waals surface area contributed by atoms with Gasteiger partial charge in [0.1, 0.15) is 12.4 Å². The Morgan fingerprint density at radius 1 is 1.21 bits per heavy atom. The predicted octanol–water partition coefficient (Wildman–Crippen LogP) is 2.07. The predicted molar refractivity (Wildman–Crippen MR) is 93.1 cm³/mol. The molecule has 1 unspecified atom stereocenters. The van der Waals surface area contributed by atoms with Gasteiger partial charge in [-0.15, -0.1) is 0 Å². The summed E-state index contributed by atoms with van der Waals surface area (Å²) in [6.07, 6.45) is 4.29. The van der Waals surface area contributed by atoms with Crippen LogP contribution < -0.4 is 10.1 Å². The fourth-order valence-corrected chi connectivity index (χ4v) is 3.61. The van der Waals surface area contributed by atoms with Crippen LogP contribution in [-0.2, 0) is 9.53 Å². The zero-order valence-electron chi connectivity index (χ0n) is 14.3. The highest BCUT2D eigenvalue weighted by Gasteiger charge is 2.30. The van der Waals surface area contributed by atoms with Crippen LogP contribution in [0.5, 0.6) is 5.75 Å². The summed E-state index contributed by atoms with van der Waals surface area (Å²) < 4.78 is 11.1. The third kappa shape index (κ3) is 4.95. The number of amides is 1. The molecule has 3 rings (SSSR count). The van der Waals surface area contributed by atoms with Gasteiger partial charge in [-0.1, -0.05) is 18.2 Å². The van der Waals surface area contributed by atoms with Gasteiger partial charge >= 0.3 is 0 Å². The molecule has 1 atom stereocenters. The Balaban J connectivity index is 1.38. The number of nitrogens with zero attached hydrogens (tertiary/aromatic N) is 1. The Labute approximate surface area is 144 Å². The lowest BCUT2D eigenvalue weighted by molar-refractivity contribution is -0.127. The van der Waals surface area contributed by atoms with Crippen LogP contribution >= 0.6 is 0 Å². The number of hydrogen-bond acceptors (Lipinski definition) is 4. The van der Waals surface area contributed by atoms with E-state index < -0.39 is 0 Å². The maximum absolute atomic E-state index is 12.4. The molecule has 1 N–H and O–H groups in total. The lowest BCUT2D eigenvalue weighted by Crippen LogP contribution is -2.49. The maximum atomic E-state index is 12.4. The molecule has 2 aliphatic rings. The number of carbonyl (C=O) groups is 1. The number of para-hydroxylation sites is 1. The van der Waals surface area contributed by atoms with Crippen molar-refractivity contribution in [3.05, 3.63) is 30.3 Å². The summed E-state index contributed by atoms with van der Waals surface area (Å²) in [7, 11) is 0. The third-order valence-electron chi connectivity index (χ3n) is 4.94. The molecule has 2 fully saturated rings. The molecule has 1 aromatic carbocycles. The minimum atomic E-state index is 0.110. The zero-order chi connectivity index (χ0) is 16.6. The van der Waals surface area contributed by atoms with Crippen LogP contribution in [0.4, 0.5) is 0 Å². The first-order chi connectivity index (χ1) is 11.8. The minimum absolute atomic E-state index is 0.110. The number of hydrogen-bond donors (Lipinski definition) is 1. The number of rotatable bonds is 6. The molecule has 5 nitrogen and oxygen atoms in total. The summed E-state index contributed by atoms with van der Waals surface area (Å²) in [6, 6.07) is 10.3. The van der Waals surface area contributed by atoms with Gasteiger partial charge in [0.25, 0.3) is 0 Å². The number of benzene rings is 1. The van der Waals surface area contributed by atoms with Crippen molar-refractivity contribution in [2.75, 3.05) is 39.5 Å². The van der Waals surface area contributed by atoms with Crippen molar-refractivity contribution in [3.63, 3.8) is 0 Å². The standard InChI is InChI=1S/C19H28N2O3/c22-19(20-10-14-24-18-6-2-1-3-7-18)16-5-4-11-21(15-16)17-8-12-23-13-9-17/h1-3,6-7,16-17H,4-5,8-15H2,(H,20,22). The van der Waals surface area contributed by atoms with Crippen LogP contribution in [0.15, 0.2) is 30.3 Å². The van der Waals surface area contributed by atoms with E-state index in [0.717, 1.165) is 57.7 Å². The molecule has 0 aromatic heterocycles. The van der Waals surface area contributed by atoms with Gasteiger partial charge in [-0.25, -0.2) is 0 Å². The number of ether oxygens (including phenoxy) is 2. The molecule has 2 aliphatic heterocycles. The highest BCUT2D eigenvalue weighted by molar-refractivity contribution is 5.78. The van der Waals surface area contributed by atoms with Gasteiger partial charge in [0.2, 0.25) is 5.91 Å². The molecular formula is C19H28N2O3. The fraction of sp³-hybridized carbons (Fsp3) is 0.632. The van der Waals surface area contributed by atoms with Gasteiger partial charge in [0, 0.05) is 25.8 Å². The quantitative estimate of drug-likeness (QED) is 0.810. The molecule has 0 bridgehead atoms. The van der Waals surface area contributed by atoms with E-state index in [4.69, 9.17) is 9.47 Å². The van der Waals surface area contributed by atoms with Crippen molar-refractivity contribution in [1.29, 1.82) is 0 Å². The second-order valence-electron chi connectivity index (χ2n) is 6.63. The maximum Gasteiger partial charge on any atom is 0.224 e. The first-order valence-electron chi connectivity index (χ1n) is 9.10. The summed E-state index contributed by atoms with van der Waals surface area (Å²) in [4.78, 5) is 14.9. The Bertz CT molecular complexity index is 503. The number of carbonyl (C=O) groups excluding carboxylic acids is 1. The van der Waals surface area contributed by atoms with Gasteiger partial charge in [0.15, 0.2) is 0 Å². The summed E-state index contributed by atoms with van der Waals surface area (Å²) >= 11 is 0. The zero-order valence-corrected chi connectivity index (χ0v) is 14.3. The highest BCUT2D eigenvalue weighted by Crippen LogP contribution is 2.23. The van der Waals surface area contributed by atoms with Crippen LogP contribution in [0.1, 0.15) is 25.7 Å². The summed E-state index contributed by atoms with van der Waals surface area (Å²) in [5.74, 6) is 1.12. The van der Waals surface area contributed by atoms with Crippen LogP contribution in [-0.4, -0.2) is 56.3 Å². The molecule has 1 amide bonds. The molecule has 0 spiro atoms. The average molecular weight is 332 g/mol. The first kappa shape index (κ1) is 17.2. The molecule has 0 aliphatic carbocycles. The van der Waals surface area contributed by atoms with Gasteiger partial charge in [0.05, 0.1) is 12.5 Å². The largest absolute Gasteiger partial charge is 0.492 e. The summed E-state index contributed by atoms with van der Waals surface area (Å²) in [5.41, 5.74) is 0.